The highest BCUT2D eigenvalue weighted by Gasteiger charge is 2.12. The van der Waals surface area contributed by atoms with E-state index in [1.807, 2.05) is 0 Å². The number of esters is 1. The van der Waals surface area contributed by atoms with Crippen LogP contribution >= 0.6 is 0 Å². The van der Waals surface area contributed by atoms with E-state index in [4.69, 9.17) is 4.42 Å². The van der Waals surface area contributed by atoms with Crippen molar-refractivity contribution in [1.29, 1.82) is 0 Å². The van der Waals surface area contributed by atoms with Gasteiger partial charge in [0.05, 0.1) is 12.7 Å². The number of fused-ring (bicyclic) bond motifs is 1. The van der Waals surface area contributed by atoms with Gasteiger partial charge in [0, 0.05) is 17.0 Å². The second kappa shape index (κ2) is 6.48. The summed E-state index contributed by atoms with van der Waals surface area (Å²) in [5.74, 6) is -1.06. The second-order valence-corrected chi connectivity index (χ2v) is 5.19. The van der Waals surface area contributed by atoms with Gasteiger partial charge in [0.2, 0.25) is 0 Å². The Morgan fingerprint density at radius 2 is 1.72 bits per heavy atom. The molecule has 0 saturated carbocycles. The van der Waals surface area contributed by atoms with Crippen molar-refractivity contribution in [3.8, 4) is 5.75 Å². The molecule has 25 heavy (non-hydrogen) atoms. The van der Waals surface area contributed by atoms with Crippen LogP contribution in [0.25, 0.3) is 11.0 Å². The van der Waals surface area contributed by atoms with Crippen LogP contribution in [-0.2, 0) is 4.74 Å². The normalized spacial score (nSPS) is 10.4. The summed E-state index contributed by atoms with van der Waals surface area (Å²) in [6.07, 6.45) is 0. The van der Waals surface area contributed by atoms with Crippen molar-refractivity contribution in [3.05, 3.63) is 70.1 Å². The standard InChI is InChI=1S/C18H13NO6/c1-24-17(22)11-4-2-10(3-5-11)16(21)19-14-8-12-6-7-13(20)9-15(12)25-18(14)23/h2-9,20H,1H3,(H,19,21). The summed E-state index contributed by atoms with van der Waals surface area (Å²) in [4.78, 5) is 35.6. The first kappa shape index (κ1) is 16.3. The van der Waals surface area contributed by atoms with Crippen LogP contribution in [0.3, 0.4) is 0 Å². The van der Waals surface area contributed by atoms with E-state index < -0.39 is 17.5 Å². The van der Waals surface area contributed by atoms with Gasteiger partial charge in [-0.25, -0.2) is 9.59 Å². The molecule has 126 valence electrons. The zero-order valence-electron chi connectivity index (χ0n) is 13.1. The van der Waals surface area contributed by atoms with Crippen molar-refractivity contribution in [2.75, 3.05) is 12.4 Å². The Labute approximate surface area is 141 Å². The Morgan fingerprint density at radius 1 is 1.04 bits per heavy atom. The highest BCUT2D eigenvalue weighted by atomic mass is 16.5. The van der Waals surface area contributed by atoms with Crippen molar-refractivity contribution >= 4 is 28.5 Å². The molecule has 2 N–H and O–H groups in total. The van der Waals surface area contributed by atoms with Gasteiger partial charge in [-0.05, 0) is 42.5 Å². The zero-order valence-corrected chi connectivity index (χ0v) is 13.1. The molecule has 0 bridgehead atoms. The Balaban J connectivity index is 1.86. The number of amides is 1. The van der Waals surface area contributed by atoms with E-state index in [0.717, 1.165) is 0 Å². The van der Waals surface area contributed by atoms with Gasteiger partial charge in [-0.15, -0.1) is 0 Å². The van der Waals surface area contributed by atoms with Crippen molar-refractivity contribution in [2.45, 2.75) is 0 Å². The van der Waals surface area contributed by atoms with Gasteiger partial charge in [0.1, 0.15) is 17.0 Å². The molecule has 0 saturated heterocycles. The molecule has 3 rings (SSSR count). The topological polar surface area (TPSA) is 106 Å². The first-order chi connectivity index (χ1) is 12.0. The van der Waals surface area contributed by atoms with E-state index in [1.165, 1.54) is 49.6 Å². The average Bonchev–Trinajstić information content (AvgIpc) is 2.62. The Kier molecular flexibility index (Phi) is 4.21. The zero-order chi connectivity index (χ0) is 18.0. The molecule has 0 fully saturated rings. The molecule has 0 spiro atoms. The Bertz CT molecular complexity index is 1020. The maximum Gasteiger partial charge on any atom is 0.360 e. The first-order valence-electron chi connectivity index (χ1n) is 7.24. The molecule has 2 aromatic carbocycles. The Morgan fingerprint density at radius 3 is 2.40 bits per heavy atom. The number of anilines is 1. The minimum absolute atomic E-state index is 0.0276. The summed E-state index contributed by atoms with van der Waals surface area (Å²) < 4.78 is 9.67. The highest BCUT2D eigenvalue weighted by Crippen LogP contribution is 2.21. The van der Waals surface area contributed by atoms with Crippen molar-refractivity contribution < 1.29 is 23.8 Å². The van der Waals surface area contributed by atoms with E-state index in [1.54, 1.807) is 6.07 Å². The number of rotatable bonds is 3. The number of ether oxygens (including phenoxy) is 1. The molecule has 3 aromatic rings. The number of phenolic OH excluding ortho intramolecular Hbond substituents is 1. The molecule has 7 nitrogen and oxygen atoms in total. The number of carbonyl (C=O) groups is 2. The lowest BCUT2D eigenvalue weighted by atomic mass is 10.1. The van der Waals surface area contributed by atoms with Crippen LogP contribution in [-0.4, -0.2) is 24.1 Å². The molecule has 7 heteroatoms. The largest absolute Gasteiger partial charge is 0.508 e. The second-order valence-electron chi connectivity index (χ2n) is 5.19. The summed E-state index contributed by atoms with van der Waals surface area (Å²) in [5, 5.41) is 12.4. The summed E-state index contributed by atoms with van der Waals surface area (Å²) in [7, 11) is 1.27. The molecule has 0 aliphatic carbocycles. The third-order valence-electron chi connectivity index (χ3n) is 3.54. The van der Waals surface area contributed by atoms with Gasteiger partial charge < -0.3 is 19.6 Å². The molecule has 0 aliphatic rings. The van der Waals surface area contributed by atoms with E-state index in [2.05, 4.69) is 10.1 Å². The number of aromatic hydroxyl groups is 1. The monoisotopic (exact) mass is 339 g/mol. The highest BCUT2D eigenvalue weighted by molar-refractivity contribution is 6.05. The fourth-order valence-corrected chi connectivity index (χ4v) is 2.26. The number of carbonyl (C=O) groups excluding carboxylic acids is 2. The summed E-state index contributed by atoms with van der Waals surface area (Å²) in [6, 6.07) is 11.6. The van der Waals surface area contributed by atoms with Gasteiger partial charge in [-0.1, -0.05) is 0 Å². The van der Waals surface area contributed by atoms with Gasteiger partial charge in [0.15, 0.2) is 0 Å². The smallest absolute Gasteiger partial charge is 0.360 e. The van der Waals surface area contributed by atoms with E-state index >= 15 is 0 Å². The predicted molar refractivity (Wildman–Crippen MR) is 89.9 cm³/mol. The maximum absolute atomic E-state index is 12.3. The number of hydrogen-bond donors (Lipinski definition) is 2. The predicted octanol–water partition coefficient (Wildman–Crippen LogP) is 2.54. The number of hydrogen-bond acceptors (Lipinski definition) is 6. The van der Waals surface area contributed by atoms with Gasteiger partial charge in [-0.3, -0.25) is 4.79 Å². The lowest BCUT2D eigenvalue weighted by Crippen LogP contribution is -2.18. The third-order valence-corrected chi connectivity index (χ3v) is 3.54. The van der Waals surface area contributed by atoms with Crippen LogP contribution in [0.5, 0.6) is 5.75 Å². The summed E-state index contributed by atoms with van der Waals surface area (Å²) >= 11 is 0. The van der Waals surface area contributed by atoms with Crippen LogP contribution in [0, 0.1) is 0 Å². The fraction of sp³-hybridized carbons (Fsp3) is 0.0556. The van der Waals surface area contributed by atoms with Gasteiger partial charge in [-0.2, -0.15) is 0 Å². The van der Waals surface area contributed by atoms with Crippen LogP contribution < -0.4 is 10.9 Å². The molecule has 0 radical (unpaired) electrons. The average molecular weight is 339 g/mol. The van der Waals surface area contributed by atoms with Crippen LogP contribution in [0.15, 0.2) is 57.7 Å². The quantitative estimate of drug-likeness (QED) is 0.561. The molecule has 0 aliphatic heterocycles. The summed E-state index contributed by atoms with van der Waals surface area (Å²) in [6.45, 7) is 0. The van der Waals surface area contributed by atoms with Crippen molar-refractivity contribution in [2.24, 2.45) is 0 Å². The molecule has 0 unspecified atom stereocenters. The maximum atomic E-state index is 12.3. The molecule has 1 amide bonds. The number of methoxy groups -OCH3 is 1. The van der Waals surface area contributed by atoms with Gasteiger partial charge in [0.25, 0.3) is 5.91 Å². The minimum atomic E-state index is -0.738. The first-order valence-corrected chi connectivity index (χ1v) is 7.24. The van der Waals surface area contributed by atoms with Crippen LogP contribution in [0.4, 0.5) is 5.69 Å². The van der Waals surface area contributed by atoms with Crippen molar-refractivity contribution in [3.63, 3.8) is 0 Å². The molecule has 0 atom stereocenters. The van der Waals surface area contributed by atoms with Crippen LogP contribution in [0.2, 0.25) is 0 Å². The number of nitrogens with one attached hydrogen (secondary N) is 1. The summed E-state index contributed by atoms with van der Waals surface area (Å²) in [5.41, 5.74) is 0.0187. The third kappa shape index (κ3) is 3.35. The van der Waals surface area contributed by atoms with Crippen LogP contribution in [0.1, 0.15) is 20.7 Å². The van der Waals surface area contributed by atoms with E-state index in [9.17, 15) is 19.5 Å². The van der Waals surface area contributed by atoms with E-state index in [-0.39, 0.29) is 22.6 Å². The van der Waals surface area contributed by atoms with Crippen molar-refractivity contribution in [1.82, 2.24) is 0 Å². The molecule has 1 aromatic heterocycles. The lowest BCUT2D eigenvalue weighted by molar-refractivity contribution is 0.0600. The number of phenols is 1. The fourth-order valence-electron chi connectivity index (χ4n) is 2.26. The lowest BCUT2D eigenvalue weighted by Gasteiger charge is -2.06. The SMILES string of the molecule is COC(=O)c1ccc(C(=O)Nc2cc3ccc(O)cc3oc2=O)cc1. The Hall–Kier alpha value is -3.61. The molecular formula is C18H13NO6. The van der Waals surface area contributed by atoms with E-state index in [0.29, 0.717) is 10.9 Å². The molecule has 1 heterocycles. The number of benzene rings is 2. The minimum Gasteiger partial charge on any atom is -0.508 e. The molecular weight excluding hydrogens is 326 g/mol. The van der Waals surface area contributed by atoms with Gasteiger partial charge >= 0.3 is 11.6 Å².